The fourth-order valence-electron chi connectivity index (χ4n) is 1.45. The normalized spacial score (nSPS) is 12.8. The Balaban J connectivity index is 2.33. The first kappa shape index (κ1) is 12.1. The SMILES string of the molecule is Cc1cc(C(Cl)c2ccc(Br)s2)ccc1F. The molecular weight excluding hydrogens is 311 g/mol. The molecular formula is C12H9BrClFS. The largest absolute Gasteiger partial charge is 0.207 e. The van der Waals surface area contributed by atoms with Gasteiger partial charge in [-0.05, 0) is 52.2 Å². The van der Waals surface area contributed by atoms with E-state index in [0.29, 0.717) is 5.56 Å². The van der Waals surface area contributed by atoms with E-state index >= 15 is 0 Å². The van der Waals surface area contributed by atoms with Gasteiger partial charge in [-0.3, -0.25) is 0 Å². The van der Waals surface area contributed by atoms with Gasteiger partial charge in [0.2, 0.25) is 0 Å². The van der Waals surface area contributed by atoms with Crippen LogP contribution in [0.15, 0.2) is 34.1 Å². The van der Waals surface area contributed by atoms with Gasteiger partial charge in [0.15, 0.2) is 0 Å². The van der Waals surface area contributed by atoms with Gasteiger partial charge in [-0.1, -0.05) is 12.1 Å². The van der Waals surface area contributed by atoms with Crippen LogP contribution in [0.2, 0.25) is 0 Å². The molecule has 0 radical (unpaired) electrons. The Hall–Kier alpha value is -0.380. The molecule has 0 bridgehead atoms. The van der Waals surface area contributed by atoms with E-state index in [0.717, 1.165) is 14.2 Å². The van der Waals surface area contributed by atoms with E-state index in [1.807, 2.05) is 12.1 Å². The molecule has 0 spiro atoms. The van der Waals surface area contributed by atoms with Gasteiger partial charge in [-0.25, -0.2) is 4.39 Å². The highest BCUT2D eigenvalue weighted by atomic mass is 79.9. The summed E-state index contributed by atoms with van der Waals surface area (Å²) in [6.45, 7) is 1.74. The van der Waals surface area contributed by atoms with E-state index in [4.69, 9.17) is 11.6 Å². The third kappa shape index (κ3) is 2.47. The molecule has 1 aromatic heterocycles. The van der Waals surface area contributed by atoms with Crippen molar-refractivity contribution in [3.8, 4) is 0 Å². The van der Waals surface area contributed by atoms with Gasteiger partial charge in [0.25, 0.3) is 0 Å². The zero-order valence-electron chi connectivity index (χ0n) is 8.51. The molecule has 16 heavy (non-hydrogen) atoms. The van der Waals surface area contributed by atoms with Gasteiger partial charge >= 0.3 is 0 Å². The second-order valence-corrected chi connectivity index (χ2v) is 6.44. The average molecular weight is 320 g/mol. The standard InChI is InChI=1S/C12H9BrClFS/c1-7-6-8(2-3-9(7)15)12(14)10-4-5-11(13)16-10/h2-6,12H,1H3. The molecule has 0 aliphatic heterocycles. The molecule has 0 nitrogen and oxygen atoms in total. The van der Waals surface area contributed by atoms with E-state index in [1.54, 1.807) is 30.4 Å². The summed E-state index contributed by atoms with van der Waals surface area (Å²) in [5.74, 6) is -0.194. The molecule has 1 aromatic carbocycles. The van der Waals surface area contributed by atoms with E-state index < -0.39 is 0 Å². The van der Waals surface area contributed by atoms with Gasteiger partial charge in [0, 0.05) is 4.88 Å². The van der Waals surface area contributed by atoms with E-state index in [9.17, 15) is 4.39 Å². The number of hydrogen-bond acceptors (Lipinski definition) is 1. The summed E-state index contributed by atoms with van der Waals surface area (Å²) in [7, 11) is 0. The molecule has 0 amide bonds. The second-order valence-electron chi connectivity index (χ2n) is 3.51. The van der Waals surface area contributed by atoms with Gasteiger partial charge in [-0.15, -0.1) is 22.9 Å². The lowest BCUT2D eigenvalue weighted by Gasteiger charge is -2.08. The lowest BCUT2D eigenvalue weighted by Crippen LogP contribution is -1.92. The molecule has 0 aliphatic rings. The van der Waals surface area contributed by atoms with Crippen molar-refractivity contribution in [3.63, 3.8) is 0 Å². The maximum absolute atomic E-state index is 13.1. The lowest BCUT2D eigenvalue weighted by molar-refractivity contribution is 0.617. The van der Waals surface area contributed by atoms with Gasteiger partial charge in [0.05, 0.1) is 9.16 Å². The van der Waals surface area contributed by atoms with Crippen molar-refractivity contribution >= 4 is 38.9 Å². The maximum Gasteiger partial charge on any atom is 0.126 e. The number of benzene rings is 1. The first-order chi connectivity index (χ1) is 7.58. The molecule has 1 heterocycles. The number of thiophene rings is 1. The van der Waals surface area contributed by atoms with Crippen LogP contribution in [-0.2, 0) is 0 Å². The zero-order valence-corrected chi connectivity index (χ0v) is 11.7. The summed E-state index contributed by atoms with van der Waals surface area (Å²) in [6, 6.07) is 8.92. The summed E-state index contributed by atoms with van der Waals surface area (Å²) in [4.78, 5) is 1.06. The highest BCUT2D eigenvalue weighted by Gasteiger charge is 2.13. The van der Waals surface area contributed by atoms with Crippen LogP contribution in [0.1, 0.15) is 21.4 Å². The van der Waals surface area contributed by atoms with Crippen molar-refractivity contribution in [1.82, 2.24) is 0 Å². The first-order valence-electron chi connectivity index (χ1n) is 4.73. The molecule has 84 valence electrons. The van der Waals surface area contributed by atoms with Crippen molar-refractivity contribution in [2.75, 3.05) is 0 Å². The van der Waals surface area contributed by atoms with Crippen molar-refractivity contribution in [2.45, 2.75) is 12.3 Å². The lowest BCUT2D eigenvalue weighted by atomic mass is 10.1. The van der Waals surface area contributed by atoms with Gasteiger partial charge < -0.3 is 0 Å². The van der Waals surface area contributed by atoms with E-state index in [-0.39, 0.29) is 11.2 Å². The van der Waals surface area contributed by atoms with Crippen LogP contribution in [0.3, 0.4) is 0 Å². The first-order valence-corrected chi connectivity index (χ1v) is 6.78. The van der Waals surface area contributed by atoms with Crippen molar-refractivity contribution < 1.29 is 4.39 Å². The van der Waals surface area contributed by atoms with Crippen LogP contribution in [0, 0.1) is 12.7 Å². The number of hydrogen-bond donors (Lipinski definition) is 0. The van der Waals surface area contributed by atoms with Crippen molar-refractivity contribution in [1.29, 1.82) is 0 Å². The smallest absolute Gasteiger partial charge is 0.126 e. The topological polar surface area (TPSA) is 0 Å². The van der Waals surface area contributed by atoms with Crippen LogP contribution in [0.4, 0.5) is 4.39 Å². The minimum absolute atomic E-state index is 0.194. The Morgan fingerprint density at radius 3 is 2.62 bits per heavy atom. The monoisotopic (exact) mass is 318 g/mol. The molecule has 1 atom stereocenters. The Bertz CT molecular complexity index is 509. The summed E-state index contributed by atoms with van der Waals surface area (Å²) in [5, 5.41) is -0.212. The summed E-state index contributed by atoms with van der Waals surface area (Å²) in [6.07, 6.45) is 0. The number of rotatable bonds is 2. The maximum atomic E-state index is 13.1. The Morgan fingerprint density at radius 2 is 2.06 bits per heavy atom. The number of alkyl halides is 1. The predicted octanol–water partition coefficient (Wildman–Crippen LogP) is 5.29. The molecule has 2 rings (SSSR count). The van der Waals surface area contributed by atoms with Crippen LogP contribution in [0.25, 0.3) is 0 Å². The third-order valence-corrected chi connectivity index (χ3v) is 4.62. The van der Waals surface area contributed by atoms with E-state index in [1.165, 1.54) is 6.07 Å². The van der Waals surface area contributed by atoms with Crippen molar-refractivity contribution in [3.05, 3.63) is 55.9 Å². The van der Waals surface area contributed by atoms with E-state index in [2.05, 4.69) is 15.9 Å². The van der Waals surface area contributed by atoms with Crippen molar-refractivity contribution in [2.24, 2.45) is 0 Å². The minimum Gasteiger partial charge on any atom is -0.207 e. The molecule has 0 aliphatic carbocycles. The van der Waals surface area contributed by atoms with Crippen LogP contribution in [-0.4, -0.2) is 0 Å². The van der Waals surface area contributed by atoms with Gasteiger partial charge in [-0.2, -0.15) is 0 Å². The van der Waals surface area contributed by atoms with Crippen LogP contribution in [0.5, 0.6) is 0 Å². The summed E-state index contributed by atoms with van der Waals surface area (Å²) < 4.78 is 14.2. The highest BCUT2D eigenvalue weighted by Crippen LogP contribution is 2.35. The molecule has 0 fully saturated rings. The predicted molar refractivity (Wildman–Crippen MR) is 70.9 cm³/mol. The van der Waals surface area contributed by atoms with Gasteiger partial charge in [0.1, 0.15) is 5.82 Å². The van der Waals surface area contributed by atoms with Crippen LogP contribution >= 0.6 is 38.9 Å². The minimum atomic E-state index is -0.212. The number of aryl methyl sites for hydroxylation is 1. The number of halogens is 3. The third-order valence-electron chi connectivity index (χ3n) is 2.32. The molecule has 0 saturated carbocycles. The molecule has 4 heteroatoms. The zero-order chi connectivity index (χ0) is 11.7. The van der Waals surface area contributed by atoms with Crippen LogP contribution < -0.4 is 0 Å². The fraction of sp³-hybridized carbons (Fsp3) is 0.167. The highest BCUT2D eigenvalue weighted by molar-refractivity contribution is 9.11. The molecule has 0 saturated heterocycles. The summed E-state index contributed by atoms with van der Waals surface area (Å²) >= 11 is 11.3. The quantitative estimate of drug-likeness (QED) is 0.660. The molecule has 1 unspecified atom stereocenters. The molecule has 0 N–H and O–H groups in total. The molecule has 2 aromatic rings. The Morgan fingerprint density at radius 1 is 1.31 bits per heavy atom. The fourth-order valence-corrected chi connectivity index (χ4v) is 3.23. The second kappa shape index (κ2) is 4.86. The average Bonchev–Trinajstić information content (AvgIpc) is 2.68. The Kier molecular flexibility index (Phi) is 3.67. The Labute approximate surface area is 111 Å². The summed E-state index contributed by atoms with van der Waals surface area (Å²) in [5.41, 5.74) is 1.55.